The molecule has 1 saturated carbocycles. The topological polar surface area (TPSA) is 73.6 Å². The van der Waals surface area contributed by atoms with Crippen molar-refractivity contribution in [1.29, 1.82) is 0 Å². The third-order valence-electron chi connectivity index (χ3n) is 4.44. The molecule has 1 aromatic carbocycles. The molecule has 1 aromatic rings. The molecule has 3 atom stereocenters. The van der Waals surface area contributed by atoms with E-state index in [-0.39, 0.29) is 37.2 Å². The fourth-order valence-corrected chi connectivity index (χ4v) is 3.12. The first kappa shape index (κ1) is 16.9. The van der Waals surface area contributed by atoms with Crippen LogP contribution in [0.4, 0.5) is 0 Å². The summed E-state index contributed by atoms with van der Waals surface area (Å²) in [6.45, 7) is 2.24. The maximum absolute atomic E-state index is 12.1. The van der Waals surface area contributed by atoms with Crippen molar-refractivity contribution >= 4 is 18.3 Å². The van der Waals surface area contributed by atoms with E-state index in [4.69, 9.17) is 15.2 Å². The highest BCUT2D eigenvalue weighted by molar-refractivity contribution is 5.85. The largest absolute Gasteiger partial charge is 0.454 e. The van der Waals surface area contributed by atoms with Crippen molar-refractivity contribution in [2.45, 2.75) is 44.7 Å². The molecular formula is C16H23ClN2O3. The van der Waals surface area contributed by atoms with Gasteiger partial charge in [-0.05, 0) is 43.4 Å². The number of benzene rings is 1. The first-order chi connectivity index (χ1) is 10.1. The number of hydrogen-bond acceptors (Lipinski definition) is 4. The maximum atomic E-state index is 12.1. The molecule has 6 heteroatoms. The van der Waals surface area contributed by atoms with Gasteiger partial charge in [0.1, 0.15) is 0 Å². The van der Waals surface area contributed by atoms with E-state index in [1.807, 2.05) is 25.1 Å². The van der Waals surface area contributed by atoms with Crippen LogP contribution < -0.4 is 20.5 Å². The number of halogens is 1. The number of nitrogens with one attached hydrogen (secondary N) is 1. The second kappa shape index (κ2) is 7.20. The minimum absolute atomic E-state index is 0. The van der Waals surface area contributed by atoms with E-state index in [1.54, 1.807) is 0 Å². The molecule has 5 nitrogen and oxygen atoms in total. The Hall–Kier alpha value is -1.46. The van der Waals surface area contributed by atoms with Gasteiger partial charge in [-0.3, -0.25) is 4.79 Å². The normalized spacial score (nSPS) is 23.7. The Morgan fingerprint density at radius 1 is 1.36 bits per heavy atom. The molecule has 1 aliphatic heterocycles. The average molecular weight is 327 g/mol. The van der Waals surface area contributed by atoms with Crippen LogP contribution in [0.1, 0.15) is 44.2 Å². The van der Waals surface area contributed by atoms with E-state index in [9.17, 15) is 4.79 Å². The molecular weight excluding hydrogens is 304 g/mol. The van der Waals surface area contributed by atoms with Crippen molar-refractivity contribution < 1.29 is 14.3 Å². The van der Waals surface area contributed by atoms with Gasteiger partial charge in [0.2, 0.25) is 12.7 Å². The lowest BCUT2D eigenvalue weighted by atomic mass is 9.99. The number of carbonyl (C=O) groups is 1. The molecule has 1 unspecified atom stereocenters. The van der Waals surface area contributed by atoms with Crippen molar-refractivity contribution in [1.82, 2.24) is 5.32 Å². The SMILES string of the molecule is CC(NC(=O)C[C@@H]1CCC[C@H]1N)c1ccc2c(c1)OCO2.Cl. The summed E-state index contributed by atoms with van der Waals surface area (Å²) in [4.78, 5) is 12.1. The molecule has 3 N–H and O–H groups in total. The Labute approximate surface area is 137 Å². The number of fused-ring (bicyclic) bond motifs is 1. The minimum Gasteiger partial charge on any atom is -0.454 e. The molecule has 0 saturated heterocycles. The smallest absolute Gasteiger partial charge is 0.231 e. The highest BCUT2D eigenvalue weighted by Gasteiger charge is 2.26. The zero-order chi connectivity index (χ0) is 14.8. The van der Waals surface area contributed by atoms with Crippen molar-refractivity contribution in [3.05, 3.63) is 23.8 Å². The van der Waals surface area contributed by atoms with Gasteiger partial charge in [-0.2, -0.15) is 0 Å². The molecule has 22 heavy (non-hydrogen) atoms. The first-order valence-corrected chi connectivity index (χ1v) is 7.58. The molecule has 1 aliphatic carbocycles. The van der Waals surface area contributed by atoms with Gasteiger partial charge in [0.15, 0.2) is 11.5 Å². The average Bonchev–Trinajstić information content (AvgIpc) is 3.07. The second-order valence-corrected chi connectivity index (χ2v) is 5.96. The molecule has 0 aromatic heterocycles. The highest BCUT2D eigenvalue weighted by atomic mass is 35.5. The van der Waals surface area contributed by atoms with Crippen molar-refractivity contribution in [3.8, 4) is 11.5 Å². The summed E-state index contributed by atoms with van der Waals surface area (Å²) in [6, 6.07) is 5.89. The van der Waals surface area contributed by atoms with Crippen LogP contribution in [0.3, 0.4) is 0 Å². The minimum atomic E-state index is -0.0513. The van der Waals surface area contributed by atoms with Gasteiger partial charge in [0.05, 0.1) is 6.04 Å². The summed E-state index contributed by atoms with van der Waals surface area (Å²) >= 11 is 0. The van der Waals surface area contributed by atoms with Gasteiger partial charge in [0, 0.05) is 12.5 Å². The predicted octanol–water partition coefficient (Wildman–Crippen LogP) is 2.53. The van der Waals surface area contributed by atoms with Gasteiger partial charge >= 0.3 is 0 Å². The zero-order valence-corrected chi connectivity index (χ0v) is 13.5. The summed E-state index contributed by atoms with van der Waals surface area (Å²) in [5.41, 5.74) is 7.04. The molecule has 1 heterocycles. The van der Waals surface area contributed by atoms with Gasteiger partial charge in [0.25, 0.3) is 0 Å². The van der Waals surface area contributed by atoms with Crippen LogP contribution in [0.5, 0.6) is 11.5 Å². The fraction of sp³-hybridized carbons (Fsp3) is 0.562. The predicted molar refractivity (Wildman–Crippen MR) is 86.3 cm³/mol. The lowest BCUT2D eigenvalue weighted by Gasteiger charge is -2.18. The summed E-state index contributed by atoms with van der Waals surface area (Å²) in [5, 5.41) is 3.04. The Morgan fingerprint density at radius 2 is 2.14 bits per heavy atom. The van der Waals surface area contributed by atoms with Crippen LogP contribution in [-0.4, -0.2) is 18.7 Å². The molecule has 1 amide bonds. The summed E-state index contributed by atoms with van der Waals surface area (Å²) in [5.74, 6) is 1.90. The standard InChI is InChI=1S/C16H22N2O3.ClH/c1-10(11-5-6-14-15(7-11)21-9-20-14)18-16(19)8-12-3-2-4-13(12)17;/h5-7,10,12-13H,2-4,8-9,17H2,1H3,(H,18,19);1H/t10?,12-,13+;/m0./s1. The van der Waals surface area contributed by atoms with Crippen molar-refractivity contribution in [2.75, 3.05) is 6.79 Å². The fourth-order valence-electron chi connectivity index (χ4n) is 3.12. The lowest BCUT2D eigenvalue weighted by Crippen LogP contribution is -2.32. The zero-order valence-electron chi connectivity index (χ0n) is 12.7. The summed E-state index contributed by atoms with van der Waals surface area (Å²) < 4.78 is 10.7. The van der Waals surface area contributed by atoms with Gasteiger partial charge < -0.3 is 20.5 Å². The molecule has 0 bridgehead atoms. The number of rotatable bonds is 4. The van der Waals surface area contributed by atoms with E-state index in [0.29, 0.717) is 12.3 Å². The number of hydrogen-bond donors (Lipinski definition) is 2. The van der Waals surface area contributed by atoms with E-state index in [2.05, 4.69) is 5.32 Å². The van der Waals surface area contributed by atoms with Crippen LogP contribution in [-0.2, 0) is 4.79 Å². The van der Waals surface area contributed by atoms with Gasteiger partial charge in [-0.1, -0.05) is 12.5 Å². The summed E-state index contributed by atoms with van der Waals surface area (Å²) in [7, 11) is 0. The van der Waals surface area contributed by atoms with E-state index in [1.165, 1.54) is 0 Å². The summed E-state index contributed by atoms with van der Waals surface area (Å²) in [6.07, 6.45) is 3.76. The van der Waals surface area contributed by atoms with Crippen molar-refractivity contribution in [2.24, 2.45) is 11.7 Å². The third kappa shape index (κ3) is 3.65. The quantitative estimate of drug-likeness (QED) is 0.891. The number of ether oxygens (including phenoxy) is 2. The highest BCUT2D eigenvalue weighted by Crippen LogP contribution is 2.34. The van der Waals surface area contributed by atoms with Gasteiger partial charge in [-0.15, -0.1) is 12.4 Å². The Bertz CT molecular complexity index is 538. The number of nitrogens with two attached hydrogens (primary N) is 1. The lowest BCUT2D eigenvalue weighted by molar-refractivity contribution is -0.122. The molecule has 0 radical (unpaired) electrons. The van der Waals surface area contributed by atoms with Crippen LogP contribution in [0.15, 0.2) is 18.2 Å². The first-order valence-electron chi connectivity index (χ1n) is 7.58. The van der Waals surface area contributed by atoms with Crippen LogP contribution >= 0.6 is 12.4 Å². The Balaban J connectivity index is 0.00000176. The monoisotopic (exact) mass is 326 g/mol. The van der Waals surface area contributed by atoms with E-state index < -0.39 is 0 Å². The van der Waals surface area contributed by atoms with Crippen LogP contribution in [0.25, 0.3) is 0 Å². The molecule has 3 rings (SSSR count). The van der Waals surface area contributed by atoms with E-state index in [0.717, 1.165) is 36.3 Å². The van der Waals surface area contributed by atoms with Gasteiger partial charge in [-0.25, -0.2) is 0 Å². The van der Waals surface area contributed by atoms with E-state index >= 15 is 0 Å². The molecule has 1 fully saturated rings. The van der Waals surface area contributed by atoms with Crippen LogP contribution in [0, 0.1) is 5.92 Å². The Morgan fingerprint density at radius 3 is 2.86 bits per heavy atom. The van der Waals surface area contributed by atoms with Crippen LogP contribution in [0.2, 0.25) is 0 Å². The molecule has 122 valence electrons. The Kier molecular flexibility index (Phi) is 5.53. The molecule has 0 spiro atoms. The maximum Gasteiger partial charge on any atom is 0.231 e. The third-order valence-corrected chi connectivity index (χ3v) is 4.44. The second-order valence-electron chi connectivity index (χ2n) is 5.96. The molecule has 2 aliphatic rings. The van der Waals surface area contributed by atoms with Crippen molar-refractivity contribution in [3.63, 3.8) is 0 Å². The number of carbonyl (C=O) groups excluding carboxylic acids is 1. The number of amides is 1.